The number of carbonyl (C=O) groups excluding carboxylic acids is 1. The number of carbonyl (C=O) groups is 1. The van der Waals surface area contributed by atoms with Crippen LogP contribution >= 0.6 is 11.6 Å². The monoisotopic (exact) mass is 519 g/mol. The van der Waals surface area contributed by atoms with Gasteiger partial charge in [-0.05, 0) is 50.2 Å². The molecule has 0 heterocycles. The molecule has 0 saturated carbocycles. The standard InChI is InChI=1S/C20H26ClN3O7S2/c1-13(2)23-33(28,29)15-7-9-18(30-3)16(11-15)22-20(25)12-24(32(5,26)27)17-10-14(21)6-8-19(17)31-4/h6-11,13,23H,12H2,1-5H3,(H,22,25). The molecule has 0 radical (unpaired) electrons. The predicted molar refractivity (Wildman–Crippen MR) is 127 cm³/mol. The van der Waals surface area contributed by atoms with Crippen molar-refractivity contribution in [3.8, 4) is 11.5 Å². The summed E-state index contributed by atoms with van der Waals surface area (Å²) in [6.45, 7) is 2.72. The molecule has 0 spiro atoms. The van der Waals surface area contributed by atoms with E-state index in [0.29, 0.717) is 0 Å². The first-order valence-electron chi connectivity index (χ1n) is 9.60. The number of nitrogens with one attached hydrogen (secondary N) is 2. The van der Waals surface area contributed by atoms with Crippen molar-refractivity contribution in [1.82, 2.24) is 4.72 Å². The molecule has 2 rings (SSSR count). The Morgan fingerprint density at radius 1 is 1.03 bits per heavy atom. The molecule has 2 aromatic rings. The van der Waals surface area contributed by atoms with Crippen LogP contribution < -0.4 is 23.8 Å². The lowest BCUT2D eigenvalue weighted by Crippen LogP contribution is -2.37. The number of amides is 1. The Balaban J connectivity index is 2.40. The predicted octanol–water partition coefficient (Wildman–Crippen LogP) is 2.45. The van der Waals surface area contributed by atoms with Crippen LogP contribution in [0.5, 0.6) is 11.5 Å². The molecule has 2 aromatic carbocycles. The van der Waals surface area contributed by atoms with Crippen LogP contribution in [0.2, 0.25) is 5.02 Å². The van der Waals surface area contributed by atoms with E-state index in [0.717, 1.165) is 10.6 Å². The fraction of sp³-hybridized carbons (Fsp3) is 0.350. The van der Waals surface area contributed by atoms with Crippen LogP contribution in [0.1, 0.15) is 13.8 Å². The molecule has 0 atom stereocenters. The van der Waals surface area contributed by atoms with Gasteiger partial charge in [-0.25, -0.2) is 21.6 Å². The number of nitrogens with zero attached hydrogens (tertiary/aromatic N) is 1. The SMILES string of the molecule is COc1ccc(S(=O)(=O)NC(C)C)cc1NC(=O)CN(c1cc(Cl)ccc1OC)S(C)(=O)=O. The molecule has 0 aliphatic rings. The molecule has 0 bridgehead atoms. The van der Waals surface area contributed by atoms with Gasteiger partial charge in [0.2, 0.25) is 26.0 Å². The van der Waals surface area contributed by atoms with Crippen molar-refractivity contribution in [1.29, 1.82) is 0 Å². The molecule has 0 unspecified atom stereocenters. The quantitative estimate of drug-likeness (QED) is 0.493. The Labute approximate surface area is 198 Å². The van der Waals surface area contributed by atoms with Crippen LogP contribution in [0.4, 0.5) is 11.4 Å². The summed E-state index contributed by atoms with van der Waals surface area (Å²) in [5.74, 6) is -0.353. The zero-order valence-electron chi connectivity index (χ0n) is 18.7. The molecular weight excluding hydrogens is 494 g/mol. The second-order valence-electron chi connectivity index (χ2n) is 7.27. The van der Waals surface area contributed by atoms with E-state index >= 15 is 0 Å². The maximum absolute atomic E-state index is 12.8. The summed E-state index contributed by atoms with van der Waals surface area (Å²) < 4.78 is 63.6. The number of sulfonamides is 2. The first-order chi connectivity index (χ1) is 15.3. The molecule has 1 amide bonds. The molecule has 0 aliphatic carbocycles. The van der Waals surface area contributed by atoms with Gasteiger partial charge in [-0.2, -0.15) is 0 Å². The highest BCUT2D eigenvalue weighted by Crippen LogP contribution is 2.33. The molecular formula is C20H26ClN3O7S2. The first-order valence-corrected chi connectivity index (χ1v) is 13.3. The van der Waals surface area contributed by atoms with Crippen LogP contribution in [0.3, 0.4) is 0 Å². The van der Waals surface area contributed by atoms with Crippen LogP contribution in [-0.2, 0) is 24.8 Å². The summed E-state index contributed by atoms with van der Waals surface area (Å²) in [7, 11) is -5.05. The summed E-state index contributed by atoms with van der Waals surface area (Å²) in [6.07, 6.45) is 0.936. The summed E-state index contributed by atoms with van der Waals surface area (Å²) in [5, 5.41) is 2.76. The molecule has 33 heavy (non-hydrogen) atoms. The van der Waals surface area contributed by atoms with Crippen molar-refractivity contribution in [2.24, 2.45) is 0 Å². The molecule has 10 nitrogen and oxygen atoms in total. The van der Waals surface area contributed by atoms with Crippen LogP contribution in [-0.4, -0.2) is 55.8 Å². The van der Waals surface area contributed by atoms with Gasteiger partial charge in [-0.15, -0.1) is 0 Å². The molecule has 182 valence electrons. The van der Waals surface area contributed by atoms with Crippen molar-refractivity contribution in [2.45, 2.75) is 24.8 Å². The summed E-state index contributed by atoms with van der Waals surface area (Å²) in [4.78, 5) is 12.7. The lowest BCUT2D eigenvalue weighted by molar-refractivity contribution is -0.114. The average Bonchev–Trinajstić information content (AvgIpc) is 2.70. The number of hydrogen-bond acceptors (Lipinski definition) is 7. The Hall–Kier alpha value is -2.54. The summed E-state index contributed by atoms with van der Waals surface area (Å²) in [5.41, 5.74) is 0.132. The topological polar surface area (TPSA) is 131 Å². The zero-order valence-corrected chi connectivity index (χ0v) is 21.1. The van der Waals surface area contributed by atoms with Gasteiger partial charge in [-0.3, -0.25) is 9.10 Å². The number of hydrogen-bond donors (Lipinski definition) is 2. The van der Waals surface area contributed by atoms with Gasteiger partial charge < -0.3 is 14.8 Å². The number of halogens is 1. The van der Waals surface area contributed by atoms with E-state index in [1.165, 1.54) is 50.6 Å². The fourth-order valence-corrected chi connectivity index (χ4v) is 5.18. The minimum absolute atomic E-state index is 0.0561. The Bertz CT molecular complexity index is 1230. The van der Waals surface area contributed by atoms with E-state index in [9.17, 15) is 21.6 Å². The van der Waals surface area contributed by atoms with Crippen LogP contribution in [0.15, 0.2) is 41.3 Å². The Morgan fingerprint density at radius 2 is 1.64 bits per heavy atom. The van der Waals surface area contributed by atoms with Gasteiger partial charge in [0.05, 0.1) is 36.7 Å². The van der Waals surface area contributed by atoms with E-state index in [1.54, 1.807) is 13.8 Å². The highest BCUT2D eigenvalue weighted by Gasteiger charge is 2.25. The first kappa shape index (κ1) is 26.7. The third-order valence-corrected chi connectivity index (χ3v) is 7.26. The fourth-order valence-electron chi connectivity index (χ4n) is 2.89. The lowest BCUT2D eigenvalue weighted by atomic mass is 10.2. The molecule has 2 N–H and O–H groups in total. The van der Waals surface area contributed by atoms with Crippen molar-refractivity contribution in [3.63, 3.8) is 0 Å². The van der Waals surface area contributed by atoms with E-state index in [4.69, 9.17) is 21.1 Å². The van der Waals surface area contributed by atoms with Crippen molar-refractivity contribution in [3.05, 3.63) is 41.4 Å². The van der Waals surface area contributed by atoms with Crippen molar-refractivity contribution in [2.75, 3.05) is 36.6 Å². The van der Waals surface area contributed by atoms with Crippen LogP contribution in [0.25, 0.3) is 0 Å². The van der Waals surface area contributed by atoms with Gasteiger partial charge in [-0.1, -0.05) is 11.6 Å². The minimum Gasteiger partial charge on any atom is -0.495 e. The van der Waals surface area contributed by atoms with Gasteiger partial charge >= 0.3 is 0 Å². The van der Waals surface area contributed by atoms with E-state index in [2.05, 4.69) is 10.0 Å². The Morgan fingerprint density at radius 3 is 2.18 bits per heavy atom. The Kier molecular flexibility index (Phi) is 8.57. The molecule has 13 heteroatoms. The number of methoxy groups -OCH3 is 2. The van der Waals surface area contributed by atoms with E-state index < -0.39 is 32.5 Å². The maximum atomic E-state index is 12.8. The van der Waals surface area contributed by atoms with Crippen molar-refractivity contribution >= 4 is 48.9 Å². The molecule has 0 fully saturated rings. The van der Waals surface area contributed by atoms with Gasteiger partial charge in [0.25, 0.3) is 0 Å². The van der Waals surface area contributed by atoms with Gasteiger partial charge in [0.15, 0.2) is 0 Å². The molecule has 0 aliphatic heterocycles. The number of rotatable bonds is 10. The van der Waals surface area contributed by atoms with E-state index in [1.807, 2.05) is 0 Å². The normalized spacial score (nSPS) is 11.8. The molecule has 0 saturated heterocycles. The number of anilines is 2. The highest BCUT2D eigenvalue weighted by atomic mass is 35.5. The summed E-state index contributed by atoms with van der Waals surface area (Å²) in [6, 6.07) is 7.97. The molecule has 0 aromatic heterocycles. The summed E-state index contributed by atoms with van der Waals surface area (Å²) >= 11 is 6.01. The largest absolute Gasteiger partial charge is 0.495 e. The highest BCUT2D eigenvalue weighted by molar-refractivity contribution is 7.92. The zero-order chi connectivity index (χ0) is 25.0. The smallest absolute Gasteiger partial charge is 0.245 e. The second-order valence-corrected chi connectivity index (χ2v) is 11.3. The minimum atomic E-state index is -3.92. The number of benzene rings is 2. The lowest BCUT2D eigenvalue weighted by Gasteiger charge is -2.24. The van der Waals surface area contributed by atoms with Crippen molar-refractivity contribution < 1.29 is 31.1 Å². The van der Waals surface area contributed by atoms with Gasteiger partial charge in [0.1, 0.15) is 18.0 Å². The maximum Gasteiger partial charge on any atom is 0.245 e. The van der Waals surface area contributed by atoms with Gasteiger partial charge in [0, 0.05) is 11.1 Å². The van der Waals surface area contributed by atoms with E-state index in [-0.39, 0.29) is 38.8 Å². The third-order valence-electron chi connectivity index (χ3n) is 4.24. The average molecular weight is 520 g/mol. The second kappa shape index (κ2) is 10.6. The third kappa shape index (κ3) is 6.97. The van der Waals surface area contributed by atoms with Crippen LogP contribution in [0, 0.1) is 0 Å². The number of ether oxygens (including phenoxy) is 2.